The van der Waals surface area contributed by atoms with E-state index in [1.807, 2.05) is 0 Å². The Bertz CT molecular complexity index is 1180. The first-order valence-electron chi connectivity index (χ1n) is 10.4. The predicted molar refractivity (Wildman–Crippen MR) is 105 cm³/mol. The molecule has 0 saturated carbocycles. The summed E-state index contributed by atoms with van der Waals surface area (Å²) in [5.41, 5.74) is 0.00856. The zero-order valence-corrected chi connectivity index (χ0v) is 16.6. The average Bonchev–Trinajstić information content (AvgIpc) is 3.44. The van der Waals surface area contributed by atoms with E-state index in [0.717, 1.165) is 31.1 Å². The number of carbonyl (C=O) groups is 1. The van der Waals surface area contributed by atoms with E-state index >= 15 is 0 Å². The van der Waals surface area contributed by atoms with Crippen LogP contribution in [0.2, 0.25) is 0 Å². The molecule has 0 aromatic carbocycles. The second-order valence-electron chi connectivity index (χ2n) is 8.33. The first kappa shape index (κ1) is 18.6. The van der Waals surface area contributed by atoms with Crippen LogP contribution in [-0.4, -0.2) is 55.3 Å². The van der Waals surface area contributed by atoms with Gasteiger partial charge in [0.15, 0.2) is 17.1 Å². The number of anilines is 1. The van der Waals surface area contributed by atoms with Crippen LogP contribution in [0.4, 0.5) is 14.6 Å². The summed E-state index contributed by atoms with van der Waals surface area (Å²) < 4.78 is 35.4. The van der Waals surface area contributed by atoms with Gasteiger partial charge in [0.1, 0.15) is 17.9 Å². The molecule has 0 aliphatic carbocycles. The van der Waals surface area contributed by atoms with Crippen LogP contribution in [0.3, 0.4) is 0 Å². The molecule has 3 aromatic rings. The molecule has 31 heavy (non-hydrogen) atoms. The minimum absolute atomic E-state index is 0.0334. The summed E-state index contributed by atoms with van der Waals surface area (Å²) in [7, 11) is 0. The molecule has 3 aliphatic rings. The fourth-order valence-electron chi connectivity index (χ4n) is 5.17. The summed E-state index contributed by atoms with van der Waals surface area (Å²) in [6.45, 7) is 1.14. The number of hydrogen-bond donors (Lipinski definition) is 0. The quantitative estimate of drug-likeness (QED) is 0.627. The maximum absolute atomic E-state index is 13.9. The Morgan fingerprint density at radius 1 is 1.13 bits per heavy atom. The van der Waals surface area contributed by atoms with Crippen molar-refractivity contribution in [2.75, 3.05) is 18.0 Å². The zero-order valence-electron chi connectivity index (χ0n) is 16.6. The van der Waals surface area contributed by atoms with Gasteiger partial charge in [-0.1, -0.05) is 0 Å². The SMILES string of the molecule is O=C1N2C(CCC2c2cncc(F)c2)OC12CCN(c1ccnc3c(F)cnn13)CC2. The van der Waals surface area contributed by atoms with Crippen molar-refractivity contribution in [2.45, 2.75) is 43.6 Å². The molecule has 3 saturated heterocycles. The average molecular weight is 426 g/mol. The monoisotopic (exact) mass is 426 g/mol. The van der Waals surface area contributed by atoms with Crippen molar-refractivity contribution in [3.63, 3.8) is 0 Å². The number of fused-ring (bicyclic) bond motifs is 2. The summed E-state index contributed by atoms with van der Waals surface area (Å²) in [5, 5.41) is 4.09. The molecule has 0 radical (unpaired) electrons. The normalized spacial score (nSPS) is 25.0. The summed E-state index contributed by atoms with van der Waals surface area (Å²) in [5.74, 6) is -0.175. The van der Waals surface area contributed by atoms with E-state index in [-0.39, 0.29) is 23.8 Å². The lowest BCUT2D eigenvalue weighted by atomic mass is 9.89. The molecule has 6 heterocycles. The highest BCUT2D eigenvalue weighted by atomic mass is 19.1. The van der Waals surface area contributed by atoms with Crippen molar-refractivity contribution < 1.29 is 18.3 Å². The number of carbonyl (C=O) groups excluding carboxylic acids is 1. The van der Waals surface area contributed by atoms with Crippen LogP contribution < -0.4 is 4.90 Å². The van der Waals surface area contributed by atoms with Crippen molar-refractivity contribution in [3.8, 4) is 0 Å². The van der Waals surface area contributed by atoms with Crippen molar-refractivity contribution >= 4 is 17.4 Å². The van der Waals surface area contributed by atoms with E-state index in [2.05, 4.69) is 20.0 Å². The molecule has 0 N–H and O–H groups in total. The van der Waals surface area contributed by atoms with E-state index in [4.69, 9.17) is 4.74 Å². The Hall–Kier alpha value is -3.14. The molecule has 1 spiro atoms. The van der Waals surface area contributed by atoms with Crippen molar-refractivity contribution in [2.24, 2.45) is 0 Å². The van der Waals surface area contributed by atoms with E-state index in [1.54, 1.807) is 23.4 Å². The lowest BCUT2D eigenvalue weighted by Crippen LogP contribution is -2.50. The summed E-state index contributed by atoms with van der Waals surface area (Å²) in [6, 6.07) is 3.02. The van der Waals surface area contributed by atoms with Gasteiger partial charge in [0, 0.05) is 38.3 Å². The van der Waals surface area contributed by atoms with Crippen molar-refractivity contribution in [1.29, 1.82) is 0 Å². The van der Waals surface area contributed by atoms with Gasteiger partial charge in [-0.05, 0) is 30.5 Å². The molecule has 3 aliphatic heterocycles. The molecule has 3 fully saturated rings. The highest BCUT2D eigenvalue weighted by Crippen LogP contribution is 2.47. The molecule has 160 valence electrons. The van der Waals surface area contributed by atoms with Crippen LogP contribution in [0.5, 0.6) is 0 Å². The lowest BCUT2D eigenvalue weighted by Gasteiger charge is -2.38. The number of nitrogens with zero attached hydrogens (tertiary/aromatic N) is 6. The fourth-order valence-corrected chi connectivity index (χ4v) is 5.17. The van der Waals surface area contributed by atoms with E-state index in [9.17, 15) is 13.6 Å². The van der Waals surface area contributed by atoms with Gasteiger partial charge in [0.2, 0.25) is 0 Å². The number of aromatic nitrogens is 4. The smallest absolute Gasteiger partial charge is 0.257 e. The maximum Gasteiger partial charge on any atom is 0.257 e. The molecule has 2 atom stereocenters. The van der Waals surface area contributed by atoms with Gasteiger partial charge in [-0.3, -0.25) is 9.78 Å². The van der Waals surface area contributed by atoms with Gasteiger partial charge in [0.05, 0.1) is 18.4 Å². The predicted octanol–water partition coefficient (Wildman–Crippen LogP) is 2.46. The third-order valence-electron chi connectivity index (χ3n) is 6.66. The van der Waals surface area contributed by atoms with Crippen molar-refractivity contribution in [3.05, 3.63) is 54.1 Å². The largest absolute Gasteiger partial charge is 0.356 e. The van der Waals surface area contributed by atoms with Gasteiger partial charge >= 0.3 is 0 Å². The second-order valence-corrected chi connectivity index (χ2v) is 8.33. The van der Waals surface area contributed by atoms with Crippen LogP contribution >= 0.6 is 0 Å². The Morgan fingerprint density at radius 2 is 1.97 bits per heavy atom. The molecule has 1 amide bonds. The minimum atomic E-state index is -0.873. The summed E-state index contributed by atoms with van der Waals surface area (Å²) >= 11 is 0. The lowest BCUT2D eigenvalue weighted by molar-refractivity contribution is -0.140. The highest BCUT2D eigenvalue weighted by molar-refractivity contribution is 5.88. The van der Waals surface area contributed by atoms with Crippen LogP contribution in [0, 0.1) is 11.6 Å². The van der Waals surface area contributed by atoms with Gasteiger partial charge < -0.3 is 14.5 Å². The molecule has 2 unspecified atom stereocenters. The first-order chi connectivity index (χ1) is 15.1. The maximum atomic E-state index is 13.9. The third kappa shape index (κ3) is 2.74. The minimum Gasteiger partial charge on any atom is -0.356 e. The summed E-state index contributed by atoms with van der Waals surface area (Å²) in [4.78, 5) is 25.3. The molecule has 0 bridgehead atoms. The number of pyridine rings is 1. The number of piperidine rings is 1. The number of hydrogen-bond acceptors (Lipinski definition) is 6. The second kappa shape index (κ2) is 6.68. The third-order valence-corrected chi connectivity index (χ3v) is 6.66. The first-order valence-corrected chi connectivity index (χ1v) is 10.4. The molecular formula is C21H20F2N6O2. The Labute approximate surface area is 176 Å². The Balaban J connectivity index is 1.23. The number of ether oxygens (including phenoxy) is 1. The van der Waals surface area contributed by atoms with Crippen LogP contribution in [0.1, 0.15) is 37.3 Å². The molecule has 8 nitrogen and oxygen atoms in total. The fraction of sp³-hybridized carbons (Fsp3) is 0.429. The standard InChI is InChI=1S/C21H20F2N6O2/c22-14-9-13(10-24-11-14)16-1-2-18-28(16)20(30)21(31-18)4-7-27(8-5-21)17-3-6-25-19-15(23)12-26-29(17)19/h3,6,9-12,16,18H,1-2,4-5,7-8H2. The van der Waals surface area contributed by atoms with E-state index in [1.165, 1.54) is 10.6 Å². The number of halogens is 2. The highest BCUT2D eigenvalue weighted by Gasteiger charge is 2.58. The van der Waals surface area contributed by atoms with Crippen LogP contribution in [-0.2, 0) is 9.53 Å². The van der Waals surface area contributed by atoms with E-state index < -0.39 is 17.2 Å². The Kier molecular flexibility index (Phi) is 4.01. The molecule has 6 rings (SSSR count). The molecule has 3 aromatic heterocycles. The Morgan fingerprint density at radius 3 is 2.77 bits per heavy atom. The number of rotatable bonds is 2. The summed E-state index contributed by atoms with van der Waals surface area (Å²) in [6.07, 6.45) is 7.67. The van der Waals surface area contributed by atoms with Gasteiger partial charge in [0.25, 0.3) is 5.91 Å². The van der Waals surface area contributed by atoms with Crippen LogP contribution in [0.25, 0.3) is 5.65 Å². The molecular weight excluding hydrogens is 406 g/mol. The van der Waals surface area contributed by atoms with Gasteiger partial charge in [-0.25, -0.2) is 13.8 Å². The molecule has 10 heteroatoms. The zero-order chi connectivity index (χ0) is 21.2. The van der Waals surface area contributed by atoms with Gasteiger partial charge in [-0.15, -0.1) is 0 Å². The topological polar surface area (TPSA) is 75.9 Å². The van der Waals surface area contributed by atoms with Crippen LogP contribution in [0.15, 0.2) is 36.9 Å². The van der Waals surface area contributed by atoms with Gasteiger partial charge in [-0.2, -0.15) is 9.61 Å². The van der Waals surface area contributed by atoms with E-state index in [0.29, 0.717) is 31.5 Å². The number of amides is 1. The van der Waals surface area contributed by atoms with Crippen molar-refractivity contribution in [1.82, 2.24) is 24.5 Å².